The molecule has 0 N–H and O–H groups in total. The van der Waals surface area contributed by atoms with Gasteiger partial charge < -0.3 is 0 Å². The summed E-state index contributed by atoms with van der Waals surface area (Å²) in [5, 5.41) is 0. The number of rotatable bonds is 6. The van der Waals surface area contributed by atoms with Crippen molar-refractivity contribution < 1.29 is 10.9 Å². The molecule has 0 heterocycles. The van der Waals surface area contributed by atoms with Crippen LogP contribution in [0.3, 0.4) is 0 Å². The first-order chi connectivity index (χ1) is 8.11. The molecule has 0 aromatic heterocycles. The molecule has 0 aliphatic rings. The number of hydrogen-bond acceptors (Lipinski definition) is 0. The van der Waals surface area contributed by atoms with Crippen molar-refractivity contribution in [1.29, 1.82) is 0 Å². The third-order valence-corrected chi connectivity index (χ3v) is 8.05. The molecule has 0 aliphatic heterocycles. The summed E-state index contributed by atoms with van der Waals surface area (Å²) < 4.78 is 0. The predicted molar refractivity (Wildman–Crippen MR) is 94.9 cm³/mol. The molecule has 0 saturated heterocycles. The Labute approximate surface area is 133 Å². The van der Waals surface area contributed by atoms with Crippen molar-refractivity contribution >= 4 is 44.3 Å². The van der Waals surface area contributed by atoms with Crippen LogP contribution in [0.15, 0.2) is 0 Å². The first kappa shape index (κ1) is 24.3. The maximum absolute atomic E-state index is 3.00. The molecule has 0 rings (SSSR count). The van der Waals surface area contributed by atoms with Gasteiger partial charge in [-0.25, -0.2) is 0 Å². The minimum absolute atomic E-state index is 0.446. The molecule has 0 aromatic rings. The van der Waals surface area contributed by atoms with Gasteiger partial charge in [0, 0.05) is 0 Å². The van der Waals surface area contributed by atoms with Gasteiger partial charge in [-0.3, -0.25) is 0 Å². The van der Waals surface area contributed by atoms with E-state index in [1.54, 1.807) is 0 Å². The molecule has 17 heavy (non-hydrogen) atoms. The van der Waals surface area contributed by atoms with Crippen LogP contribution < -0.4 is 0 Å². The van der Waals surface area contributed by atoms with E-state index in [-0.39, 0.29) is 0 Å². The average molecular weight is 455 g/mol. The van der Waals surface area contributed by atoms with Gasteiger partial charge in [-0.05, 0) is 37.0 Å². The van der Waals surface area contributed by atoms with Crippen molar-refractivity contribution in [3.63, 3.8) is 0 Å². The van der Waals surface area contributed by atoms with Crippen molar-refractivity contribution in [2.45, 2.75) is 41.5 Å². The van der Waals surface area contributed by atoms with E-state index < -0.39 is 0 Å². The van der Waals surface area contributed by atoms with Gasteiger partial charge in [0.05, 0.1) is 0 Å². The summed E-state index contributed by atoms with van der Waals surface area (Å²) in [4.78, 5) is 0. The van der Waals surface area contributed by atoms with Gasteiger partial charge >= 0.3 is 39.3 Å². The van der Waals surface area contributed by atoms with Crippen molar-refractivity contribution in [3.05, 3.63) is 0 Å². The normalized spacial score (nSPS) is 9.76. The molecule has 0 aromatic carbocycles. The second kappa shape index (κ2) is 23.4. The van der Waals surface area contributed by atoms with Crippen LogP contribution in [0.1, 0.15) is 41.5 Å². The third kappa shape index (κ3) is 23.8. The Kier molecular flexibility index (Phi) is 33.5. The second-order valence-corrected chi connectivity index (χ2v) is 14.7. The van der Waals surface area contributed by atoms with Crippen molar-refractivity contribution in [2.75, 3.05) is 37.0 Å². The summed E-state index contributed by atoms with van der Waals surface area (Å²) in [6.07, 6.45) is 8.51. The van der Waals surface area contributed by atoms with Crippen LogP contribution in [0.25, 0.3) is 0 Å². The Hall–Kier alpha value is 2.31. The zero-order chi connectivity index (χ0) is 14.1. The molecule has 5 heteroatoms. The zero-order valence-electron chi connectivity index (χ0n) is 12.2. The molecule has 0 bridgehead atoms. The summed E-state index contributed by atoms with van der Waals surface area (Å²) in [5.41, 5.74) is 0. The van der Waals surface area contributed by atoms with Crippen LogP contribution in [0, 0.1) is 0 Å². The zero-order valence-corrected chi connectivity index (χ0v) is 18.2. The van der Waals surface area contributed by atoms with Gasteiger partial charge in [0.2, 0.25) is 0 Å². The van der Waals surface area contributed by atoms with Crippen LogP contribution in [0.5, 0.6) is 0 Å². The topological polar surface area (TPSA) is 0 Å². The van der Waals surface area contributed by atoms with Crippen molar-refractivity contribution in [2.24, 2.45) is 0 Å². The van der Waals surface area contributed by atoms with E-state index in [1.807, 2.05) is 0 Å². The monoisotopic (exact) mass is 452 g/mol. The first-order valence-electron chi connectivity index (χ1n) is 6.38. The van der Waals surface area contributed by atoms with E-state index in [2.05, 4.69) is 70.0 Å². The fourth-order valence-electron chi connectivity index (χ4n) is 1.34. The van der Waals surface area contributed by atoms with Crippen LogP contribution in [-0.4, -0.2) is 37.0 Å². The number of hydrogen-bond donors (Lipinski definition) is 0. The molecule has 0 nitrogen and oxygen atoms in total. The molecule has 0 spiro atoms. The van der Waals surface area contributed by atoms with Crippen molar-refractivity contribution in [1.82, 2.24) is 0 Å². The molecule has 0 unspecified atom stereocenters. The SMILES string of the molecule is CCP(CC)CC.CCP(CC)CC.[Br][Ni][Br]. The van der Waals surface area contributed by atoms with Gasteiger partial charge in [0.15, 0.2) is 0 Å². The standard InChI is InChI=1S/2C6H15P.2BrH.Ni/c2*1-4-7(5-2)6-3;;;/h2*4-6H2,1-3H3;2*1H;/q;;;;+2/p-2. The molecule has 112 valence electrons. The molecular weight excluding hydrogens is 425 g/mol. The molecule has 0 fully saturated rings. The summed E-state index contributed by atoms with van der Waals surface area (Å²) in [5.74, 6) is 0. The Morgan fingerprint density at radius 2 is 0.706 bits per heavy atom. The summed E-state index contributed by atoms with van der Waals surface area (Å²) in [6.45, 7) is 13.7. The van der Waals surface area contributed by atoms with E-state index in [0.717, 1.165) is 0 Å². The van der Waals surface area contributed by atoms with Gasteiger partial charge in [-0.15, -0.1) is 15.8 Å². The van der Waals surface area contributed by atoms with Gasteiger partial charge in [0.25, 0.3) is 0 Å². The Morgan fingerprint density at radius 1 is 0.588 bits per heavy atom. The van der Waals surface area contributed by atoms with Crippen LogP contribution in [0.4, 0.5) is 0 Å². The van der Waals surface area contributed by atoms with Gasteiger partial charge in [-0.2, -0.15) is 0 Å². The summed E-state index contributed by atoms with van der Waals surface area (Å²) in [7, 11) is 2.14. The summed E-state index contributed by atoms with van der Waals surface area (Å²) in [6, 6.07) is 0. The van der Waals surface area contributed by atoms with Crippen LogP contribution >= 0.6 is 44.3 Å². The maximum atomic E-state index is 3.00. The van der Waals surface area contributed by atoms with E-state index in [9.17, 15) is 0 Å². The fourth-order valence-corrected chi connectivity index (χ4v) is 4.02. The predicted octanol–water partition coefficient (Wildman–Crippen LogP) is 6.74. The summed E-state index contributed by atoms with van der Waals surface area (Å²) >= 11 is 6.00. The average Bonchev–Trinajstić information content (AvgIpc) is 2.35. The van der Waals surface area contributed by atoms with Gasteiger partial charge in [-0.1, -0.05) is 41.5 Å². The van der Waals surface area contributed by atoms with E-state index in [0.29, 0.717) is 15.8 Å². The Bertz CT molecular complexity index is 87.7. The quantitative estimate of drug-likeness (QED) is 0.308. The molecule has 0 aliphatic carbocycles. The second-order valence-electron chi connectivity index (χ2n) is 3.28. The molecule has 0 amide bonds. The Morgan fingerprint density at radius 3 is 0.706 bits per heavy atom. The molecular formula is C12H30Br2NiP2. The van der Waals surface area contributed by atoms with Crippen LogP contribution in [0.2, 0.25) is 0 Å². The van der Waals surface area contributed by atoms with Crippen LogP contribution in [-0.2, 0) is 10.9 Å². The first-order valence-corrected chi connectivity index (χ1v) is 15.1. The van der Waals surface area contributed by atoms with E-state index in [4.69, 9.17) is 0 Å². The third-order valence-electron chi connectivity index (χ3n) is 2.68. The molecule has 0 saturated carbocycles. The van der Waals surface area contributed by atoms with Crippen molar-refractivity contribution in [3.8, 4) is 0 Å². The van der Waals surface area contributed by atoms with E-state index >= 15 is 0 Å². The van der Waals surface area contributed by atoms with Gasteiger partial charge in [0.1, 0.15) is 0 Å². The molecule has 0 atom stereocenters. The van der Waals surface area contributed by atoms with E-state index in [1.165, 1.54) is 47.9 Å². The number of halogens is 2. The fraction of sp³-hybridized carbons (Fsp3) is 1.00. The minimum atomic E-state index is 0.446. The molecule has 0 radical (unpaired) electrons. The Balaban J connectivity index is -0.000000188.